The molecule has 0 spiro atoms. The van der Waals surface area contributed by atoms with Gasteiger partial charge in [0.15, 0.2) is 5.82 Å². The lowest BCUT2D eigenvalue weighted by molar-refractivity contribution is 0.0850. The molecule has 0 radical (unpaired) electrons. The Morgan fingerprint density at radius 2 is 2.00 bits per heavy atom. The van der Waals surface area contributed by atoms with Gasteiger partial charge in [0.05, 0.1) is 0 Å². The van der Waals surface area contributed by atoms with Crippen molar-refractivity contribution in [3.63, 3.8) is 0 Å². The Hall–Kier alpha value is -1.94. The minimum atomic E-state index is -0.200. The average Bonchev–Trinajstić information content (AvgIpc) is 3.01. The number of hydrogen-bond donors (Lipinski definition) is 1. The summed E-state index contributed by atoms with van der Waals surface area (Å²) in [7, 11) is 1.92. The predicted molar refractivity (Wildman–Crippen MR) is 83.5 cm³/mol. The number of fused-ring (bicyclic) bond motifs is 1. The Morgan fingerprint density at radius 1 is 1.19 bits per heavy atom. The zero-order valence-corrected chi connectivity index (χ0v) is 12.6. The van der Waals surface area contributed by atoms with E-state index in [4.69, 9.17) is 14.7 Å². The lowest BCUT2D eigenvalue weighted by atomic mass is 10.1. The van der Waals surface area contributed by atoms with E-state index in [-0.39, 0.29) is 6.10 Å². The minimum Gasteiger partial charge on any atom is -0.373 e. The first-order chi connectivity index (χ1) is 10.3. The number of aryl methyl sites for hydroxylation is 1. The quantitative estimate of drug-likeness (QED) is 0.915. The van der Waals surface area contributed by atoms with Crippen molar-refractivity contribution in [2.24, 2.45) is 0 Å². The molecule has 1 N–H and O–H groups in total. The van der Waals surface area contributed by atoms with E-state index >= 15 is 0 Å². The fourth-order valence-corrected chi connectivity index (χ4v) is 2.89. The maximum Gasteiger partial charge on any atom is 0.164 e. The van der Waals surface area contributed by atoms with Crippen LogP contribution in [0.4, 0.5) is 5.82 Å². The van der Waals surface area contributed by atoms with Gasteiger partial charge in [-0.1, -0.05) is 30.3 Å². The number of nitrogens with zero attached hydrogens (tertiary/aromatic N) is 2. The van der Waals surface area contributed by atoms with Crippen LogP contribution >= 0.6 is 0 Å². The molecule has 1 aliphatic rings. The molecule has 3 rings (SSSR count). The summed E-state index contributed by atoms with van der Waals surface area (Å²) in [5.74, 6) is 1.71. The molecule has 1 aliphatic carbocycles. The molecule has 2 aromatic rings. The third kappa shape index (κ3) is 2.76. The molecule has 1 heterocycles. The summed E-state index contributed by atoms with van der Waals surface area (Å²) in [6, 6.07) is 10.2. The summed E-state index contributed by atoms with van der Waals surface area (Å²) >= 11 is 0. The van der Waals surface area contributed by atoms with E-state index in [1.54, 1.807) is 0 Å². The van der Waals surface area contributed by atoms with Crippen molar-refractivity contribution < 1.29 is 4.74 Å². The zero-order chi connectivity index (χ0) is 14.7. The van der Waals surface area contributed by atoms with Gasteiger partial charge in [-0.3, -0.25) is 0 Å². The van der Waals surface area contributed by atoms with Crippen LogP contribution < -0.4 is 5.32 Å². The van der Waals surface area contributed by atoms with E-state index in [1.165, 1.54) is 11.3 Å². The number of aromatic nitrogens is 2. The van der Waals surface area contributed by atoms with E-state index in [1.807, 2.05) is 32.2 Å². The van der Waals surface area contributed by atoms with Crippen molar-refractivity contribution in [2.75, 3.05) is 19.0 Å². The molecule has 110 valence electrons. The molecule has 0 fully saturated rings. The highest BCUT2D eigenvalue weighted by Crippen LogP contribution is 2.30. The first-order valence-corrected chi connectivity index (χ1v) is 7.57. The van der Waals surface area contributed by atoms with Gasteiger partial charge in [0.25, 0.3) is 0 Å². The second-order valence-electron chi connectivity index (χ2n) is 5.21. The van der Waals surface area contributed by atoms with Crippen LogP contribution in [0.3, 0.4) is 0 Å². The fourth-order valence-electron chi connectivity index (χ4n) is 2.89. The molecule has 0 amide bonds. The predicted octanol–water partition coefficient (Wildman–Crippen LogP) is 3.13. The highest BCUT2D eigenvalue weighted by atomic mass is 16.5. The lowest BCUT2D eigenvalue weighted by Gasteiger charge is -2.18. The van der Waals surface area contributed by atoms with E-state index in [0.717, 1.165) is 36.5 Å². The van der Waals surface area contributed by atoms with Crippen LogP contribution in [0.15, 0.2) is 30.3 Å². The van der Waals surface area contributed by atoms with Gasteiger partial charge in [-0.2, -0.15) is 0 Å². The van der Waals surface area contributed by atoms with Crippen molar-refractivity contribution in [3.8, 4) is 0 Å². The summed E-state index contributed by atoms with van der Waals surface area (Å²) in [4.78, 5) is 9.49. The molecule has 1 unspecified atom stereocenters. The summed E-state index contributed by atoms with van der Waals surface area (Å²) in [5.41, 5.74) is 3.54. The Labute approximate surface area is 125 Å². The number of ether oxygens (including phenoxy) is 1. The van der Waals surface area contributed by atoms with Gasteiger partial charge in [-0.15, -0.1) is 0 Å². The Balaban J connectivity index is 2.04. The molecule has 4 nitrogen and oxygen atoms in total. The molecule has 0 saturated heterocycles. The number of anilines is 1. The van der Waals surface area contributed by atoms with Crippen LogP contribution in [0.5, 0.6) is 0 Å². The Bertz CT molecular complexity index is 613. The van der Waals surface area contributed by atoms with E-state index < -0.39 is 0 Å². The maximum atomic E-state index is 5.92. The number of nitrogens with one attached hydrogen (secondary N) is 1. The Morgan fingerprint density at radius 3 is 2.71 bits per heavy atom. The third-order valence-electron chi connectivity index (χ3n) is 3.86. The van der Waals surface area contributed by atoms with E-state index in [0.29, 0.717) is 6.61 Å². The van der Waals surface area contributed by atoms with Gasteiger partial charge in [0.1, 0.15) is 11.9 Å². The molecule has 4 heteroatoms. The van der Waals surface area contributed by atoms with Crippen LogP contribution in [0, 0.1) is 0 Å². The summed E-state index contributed by atoms with van der Waals surface area (Å²) in [6.45, 7) is 2.64. The minimum absolute atomic E-state index is 0.200. The monoisotopic (exact) mass is 283 g/mol. The Kier molecular flexibility index (Phi) is 4.15. The van der Waals surface area contributed by atoms with Crippen LogP contribution in [0.25, 0.3) is 0 Å². The van der Waals surface area contributed by atoms with Crippen molar-refractivity contribution in [3.05, 3.63) is 53.0 Å². The molecule has 0 saturated carbocycles. The topological polar surface area (TPSA) is 47.0 Å². The van der Waals surface area contributed by atoms with Crippen molar-refractivity contribution in [2.45, 2.75) is 32.3 Å². The molecule has 21 heavy (non-hydrogen) atoms. The summed E-state index contributed by atoms with van der Waals surface area (Å²) in [5, 5.41) is 3.21. The molecule has 0 bridgehead atoms. The van der Waals surface area contributed by atoms with Gasteiger partial charge in [-0.25, -0.2) is 9.97 Å². The van der Waals surface area contributed by atoms with Gasteiger partial charge >= 0.3 is 0 Å². The third-order valence-corrected chi connectivity index (χ3v) is 3.86. The number of benzene rings is 1. The largest absolute Gasteiger partial charge is 0.373 e. The first kappa shape index (κ1) is 14.0. The van der Waals surface area contributed by atoms with E-state index in [9.17, 15) is 0 Å². The van der Waals surface area contributed by atoms with Gasteiger partial charge in [-0.05, 0) is 31.7 Å². The highest BCUT2D eigenvalue weighted by Gasteiger charge is 2.23. The molecule has 1 atom stereocenters. The summed E-state index contributed by atoms with van der Waals surface area (Å²) < 4.78 is 5.92. The molecule has 1 aromatic carbocycles. The van der Waals surface area contributed by atoms with Crippen LogP contribution in [0.2, 0.25) is 0 Å². The van der Waals surface area contributed by atoms with Crippen LogP contribution in [0.1, 0.15) is 42.1 Å². The number of hydrogen-bond acceptors (Lipinski definition) is 4. The van der Waals surface area contributed by atoms with Gasteiger partial charge < -0.3 is 10.1 Å². The van der Waals surface area contributed by atoms with Crippen LogP contribution in [-0.4, -0.2) is 23.6 Å². The second kappa shape index (κ2) is 6.22. The van der Waals surface area contributed by atoms with Crippen LogP contribution in [-0.2, 0) is 17.6 Å². The standard InChI is InChI=1S/C17H21N3O/c1-3-21-15(12-8-5-4-6-9-12)17-19-14-11-7-10-13(14)16(18-2)20-17/h4-6,8-9,15H,3,7,10-11H2,1-2H3,(H,18,19,20). The second-order valence-corrected chi connectivity index (χ2v) is 5.21. The lowest BCUT2D eigenvalue weighted by Crippen LogP contribution is -2.13. The average molecular weight is 283 g/mol. The fraction of sp³-hybridized carbons (Fsp3) is 0.412. The first-order valence-electron chi connectivity index (χ1n) is 7.57. The number of rotatable bonds is 5. The normalized spacial score (nSPS) is 14.8. The smallest absolute Gasteiger partial charge is 0.164 e. The summed E-state index contributed by atoms with van der Waals surface area (Å²) in [6.07, 6.45) is 3.06. The highest BCUT2D eigenvalue weighted by molar-refractivity contribution is 5.49. The zero-order valence-electron chi connectivity index (χ0n) is 12.6. The molecule has 1 aromatic heterocycles. The maximum absolute atomic E-state index is 5.92. The van der Waals surface area contributed by atoms with Crippen molar-refractivity contribution in [1.29, 1.82) is 0 Å². The SMILES string of the molecule is CCOC(c1ccccc1)c1nc2c(c(NC)n1)CCC2. The molecule has 0 aliphatic heterocycles. The van der Waals surface area contributed by atoms with Gasteiger partial charge in [0.2, 0.25) is 0 Å². The molecular formula is C17H21N3O. The molecular weight excluding hydrogens is 262 g/mol. The van der Waals surface area contributed by atoms with Crippen molar-refractivity contribution >= 4 is 5.82 Å². The van der Waals surface area contributed by atoms with Gasteiger partial charge in [0, 0.05) is 24.9 Å². The van der Waals surface area contributed by atoms with Crippen molar-refractivity contribution in [1.82, 2.24) is 9.97 Å². The van der Waals surface area contributed by atoms with E-state index in [2.05, 4.69) is 17.4 Å².